The number of hydrogen-bond donors (Lipinski definition) is 1. The summed E-state index contributed by atoms with van der Waals surface area (Å²) in [7, 11) is 0. The van der Waals surface area contributed by atoms with E-state index in [1.54, 1.807) is 19.1 Å². The Bertz CT molecular complexity index is 417. The number of benzene rings is 1. The van der Waals surface area contributed by atoms with Gasteiger partial charge in [-0.15, -0.1) is 0 Å². The van der Waals surface area contributed by atoms with Crippen LogP contribution in [0.3, 0.4) is 0 Å². The first-order chi connectivity index (χ1) is 8.99. The number of rotatable bonds is 6. The Kier molecular flexibility index (Phi) is 5.85. The number of para-hydroxylation sites is 1. The summed E-state index contributed by atoms with van der Waals surface area (Å²) in [5, 5.41) is 2.63. The summed E-state index contributed by atoms with van der Waals surface area (Å²) < 4.78 is 10.2. The Labute approximate surface area is 112 Å². The van der Waals surface area contributed by atoms with Gasteiger partial charge in [-0.3, -0.25) is 4.79 Å². The van der Waals surface area contributed by atoms with Crippen LogP contribution in [0, 0.1) is 0 Å². The van der Waals surface area contributed by atoms with Gasteiger partial charge in [0, 0.05) is 6.04 Å². The van der Waals surface area contributed by atoms with Crippen molar-refractivity contribution in [3.8, 4) is 5.75 Å². The molecule has 0 aliphatic rings. The van der Waals surface area contributed by atoms with E-state index in [-0.39, 0.29) is 18.6 Å². The van der Waals surface area contributed by atoms with E-state index in [4.69, 9.17) is 9.47 Å². The van der Waals surface area contributed by atoms with E-state index in [1.165, 1.54) is 0 Å². The van der Waals surface area contributed by atoms with E-state index in [0.29, 0.717) is 5.75 Å². The molecule has 0 bridgehead atoms. The highest BCUT2D eigenvalue weighted by atomic mass is 16.6. The fourth-order valence-electron chi connectivity index (χ4n) is 1.37. The molecule has 0 radical (unpaired) electrons. The van der Waals surface area contributed by atoms with Crippen LogP contribution < -0.4 is 10.1 Å². The maximum atomic E-state index is 11.6. The van der Waals surface area contributed by atoms with Crippen molar-refractivity contribution in [2.24, 2.45) is 0 Å². The molecule has 1 aromatic rings. The van der Waals surface area contributed by atoms with Crippen LogP contribution in [-0.2, 0) is 14.3 Å². The molecule has 0 aliphatic heterocycles. The minimum atomic E-state index is -0.755. The fourth-order valence-corrected chi connectivity index (χ4v) is 1.37. The second-order valence-electron chi connectivity index (χ2n) is 4.40. The number of hydrogen-bond acceptors (Lipinski definition) is 4. The van der Waals surface area contributed by atoms with Gasteiger partial charge in [0.2, 0.25) is 0 Å². The second kappa shape index (κ2) is 7.41. The van der Waals surface area contributed by atoms with E-state index >= 15 is 0 Å². The minimum absolute atomic E-state index is 0.0178. The highest BCUT2D eigenvalue weighted by molar-refractivity contribution is 5.82. The number of esters is 1. The molecular formula is C14H19NO4. The van der Waals surface area contributed by atoms with E-state index in [2.05, 4.69) is 5.32 Å². The molecule has 1 rings (SSSR count). The van der Waals surface area contributed by atoms with Crippen LogP contribution in [0.1, 0.15) is 20.8 Å². The van der Waals surface area contributed by atoms with Crippen molar-refractivity contribution in [2.75, 3.05) is 6.61 Å². The Morgan fingerprint density at radius 2 is 1.79 bits per heavy atom. The normalized spacial score (nSPS) is 11.8. The maximum absolute atomic E-state index is 11.6. The summed E-state index contributed by atoms with van der Waals surface area (Å²) in [5.41, 5.74) is 0. The molecule has 1 amide bonds. The molecule has 0 fully saturated rings. The topological polar surface area (TPSA) is 64.6 Å². The lowest BCUT2D eigenvalue weighted by Gasteiger charge is -2.14. The molecule has 104 valence electrons. The van der Waals surface area contributed by atoms with Crippen molar-refractivity contribution in [3.05, 3.63) is 30.3 Å². The van der Waals surface area contributed by atoms with Crippen LogP contribution in [0.5, 0.6) is 5.75 Å². The first-order valence-corrected chi connectivity index (χ1v) is 6.16. The Balaban J connectivity index is 2.35. The molecule has 5 heteroatoms. The molecule has 0 spiro atoms. The van der Waals surface area contributed by atoms with Crippen molar-refractivity contribution in [1.29, 1.82) is 0 Å². The van der Waals surface area contributed by atoms with Gasteiger partial charge in [-0.05, 0) is 32.9 Å². The van der Waals surface area contributed by atoms with Crippen LogP contribution in [0.25, 0.3) is 0 Å². The molecule has 0 unspecified atom stereocenters. The van der Waals surface area contributed by atoms with Crippen molar-refractivity contribution in [3.63, 3.8) is 0 Å². The number of ether oxygens (including phenoxy) is 2. The van der Waals surface area contributed by atoms with E-state index in [1.807, 2.05) is 32.0 Å². The maximum Gasteiger partial charge on any atom is 0.347 e. The van der Waals surface area contributed by atoms with Gasteiger partial charge in [0.25, 0.3) is 5.91 Å². The zero-order valence-electron chi connectivity index (χ0n) is 11.4. The quantitative estimate of drug-likeness (QED) is 0.792. The molecule has 1 atom stereocenters. The third-order valence-corrected chi connectivity index (χ3v) is 2.18. The fraction of sp³-hybridized carbons (Fsp3) is 0.429. The summed E-state index contributed by atoms with van der Waals surface area (Å²) in [5.74, 6) is -0.309. The van der Waals surface area contributed by atoms with Crippen molar-refractivity contribution >= 4 is 11.9 Å². The molecule has 0 saturated heterocycles. The first kappa shape index (κ1) is 15.0. The molecule has 19 heavy (non-hydrogen) atoms. The molecule has 0 aromatic heterocycles. The van der Waals surface area contributed by atoms with Crippen molar-refractivity contribution < 1.29 is 19.1 Å². The second-order valence-corrected chi connectivity index (χ2v) is 4.40. The summed E-state index contributed by atoms with van der Waals surface area (Å²) >= 11 is 0. The third kappa shape index (κ3) is 5.90. The van der Waals surface area contributed by atoms with Gasteiger partial charge in [-0.25, -0.2) is 4.79 Å². The van der Waals surface area contributed by atoms with Crippen LogP contribution in [0.2, 0.25) is 0 Å². The average molecular weight is 265 g/mol. The standard InChI is InChI=1S/C14H19NO4/c1-10(2)15-13(16)9-18-14(17)11(3)19-12-7-5-4-6-8-12/h4-8,10-11H,9H2,1-3H3,(H,15,16)/t11-/m1/s1. The molecule has 5 nitrogen and oxygen atoms in total. The van der Waals surface area contributed by atoms with Gasteiger partial charge in [0.05, 0.1) is 0 Å². The lowest BCUT2D eigenvalue weighted by atomic mass is 10.3. The predicted molar refractivity (Wildman–Crippen MR) is 70.8 cm³/mol. The summed E-state index contributed by atoms with van der Waals surface area (Å²) in [6.45, 7) is 4.96. The van der Waals surface area contributed by atoms with Gasteiger partial charge < -0.3 is 14.8 Å². The van der Waals surface area contributed by atoms with Gasteiger partial charge >= 0.3 is 5.97 Å². The van der Waals surface area contributed by atoms with Crippen molar-refractivity contribution in [1.82, 2.24) is 5.32 Å². The average Bonchev–Trinajstić information content (AvgIpc) is 2.36. The molecule has 0 saturated carbocycles. The van der Waals surface area contributed by atoms with E-state index < -0.39 is 12.1 Å². The Morgan fingerprint density at radius 3 is 2.37 bits per heavy atom. The summed E-state index contributed by atoms with van der Waals surface area (Å²) in [6, 6.07) is 8.98. The Morgan fingerprint density at radius 1 is 1.16 bits per heavy atom. The highest BCUT2D eigenvalue weighted by Gasteiger charge is 2.17. The SMILES string of the molecule is CC(C)NC(=O)COC(=O)[C@@H](C)Oc1ccccc1. The zero-order valence-corrected chi connectivity index (χ0v) is 11.4. The zero-order chi connectivity index (χ0) is 14.3. The minimum Gasteiger partial charge on any atom is -0.479 e. The van der Waals surface area contributed by atoms with Crippen molar-refractivity contribution in [2.45, 2.75) is 32.9 Å². The van der Waals surface area contributed by atoms with E-state index in [9.17, 15) is 9.59 Å². The molecule has 0 heterocycles. The molecular weight excluding hydrogens is 246 g/mol. The third-order valence-electron chi connectivity index (χ3n) is 2.18. The molecule has 1 aromatic carbocycles. The largest absolute Gasteiger partial charge is 0.479 e. The summed E-state index contributed by atoms with van der Waals surface area (Å²) in [6.07, 6.45) is -0.755. The lowest BCUT2D eigenvalue weighted by molar-refractivity contribution is -0.154. The van der Waals surface area contributed by atoms with Crippen LogP contribution in [0.4, 0.5) is 0 Å². The smallest absolute Gasteiger partial charge is 0.347 e. The number of amides is 1. The monoisotopic (exact) mass is 265 g/mol. The summed E-state index contributed by atoms with van der Waals surface area (Å²) in [4.78, 5) is 22.9. The van der Waals surface area contributed by atoms with Gasteiger partial charge in [0.1, 0.15) is 5.75 Å². The lowest BCUT2D eigenvalue weighted by Crippen LogP contribution is -2.36. The first-order valence-electron chi connectivity index (χ1n) is 6.16. The number of carbonyl (C=O) groups excluding carboxylic acids is 2. The predicted octanol–water partition coefficient (Wildman–Crippen LogP) is 1.52. The van der Waals surface area contributed by atoms with Gasteiger partial charge in [0.15, 0.2) is 12.7 Å². The van der Waals surface area contributed by atoms with Crippen LogP contribution in [-0.4, -0.2) is 30.6 Å². The highest BCUT2D eigenvalue weighted by Crippen LogP contribution is 2.11. The number of nitrogens with one attached hydrogen (secondary N) is 1. The van der Waals surface area contributed by atoms with Crippen LogP contribution >= 0.6 is 0 Å². The molecule has 1 N–H and O–H groups in total. The number of carbonyl (C=O) groups is 2. The molecule has 0 aliphatic carbocycles. The van der Waals surface area contributed by atoms with Crippen LogP contribution in [0.15, 0.2) is 30.3 Å². The van der Waals surface area contributed by atoms with Gasteiger partial charge in [-0.2, -0.15) is 0 Å². The van der Waals surface area contributed by atoms with Gasteiger partial charge in [-0.1, -0.05) is 18.2 Å². The van der Waals surface area contributed by atoms with E-state index in [0.717, 1.165) is 0 Å². The Hall–Kier alpha value is -2.04.